The summed E-state index contributed by atoms with van der Waals surface area (Å²) >= 11 is 0. The lowest BCUT2D eigenvalue weighted by Crippen LogP contribution is -2.03. The Morgan fingerprint density at radius 1 is 1.31 bits per heavy atom. The number of pyridine rings is 2. The fourth-order valence-corrected chi connectivity index (χ4v) is 1.27. The minimum Gasteiger partial charge on any atom is -0.478 e. The maximum atomic E-state index is 13.3. The summed E-state index contributed by atoms with van der Waals surface area (Å²) in [6.45, 7) is 0. The molecule has 0 saturated heterocycles. The largest absolute Gasteiger partial charge is 0.478 e. The van der Waals surface area contributed by atoms with Crippen molar-refractivity contribution in [2.24, 2.45) is 0 Å². The molecule has 4 nitrogen and oxygen atoms in total. The van der Waals surface area contributed by atoms with Gasteiger partial charge in [-0.3, -0.25) is 4.98 Å². The van der Waals surface area contributed by atoms with Crippen molar-refractivity contribution in [1.82, 2.24) is 9.97 Å². The normalized spacial score (nSPS) is 10.1. The Labute approximate surface area is 90.4 Å². The summed E-state index contributed by atoms with van der Waals surface area (Å²) in [5, 5.41) is 8.63. The van der Waals surface area contributed by atoms with Crippen LogP contribution in [0.5, 0.6) is 0 Å². The van der Waals surface area contributed by atoms with Crippen molar-refractivity contribution in [2.45, 2.75) is 0 Å². The van der Waals surface area contributed by atoms with E-state index in [0.29, 0.717) is 11.3 Å². The van der Waals surface area contributed by atoms with Crippen LogP contribution in [0, 0.1) is 5.95 Å². The van der Waals surface area contributed by atoms with E-state index in [0.717, 1.165) is 0 Å². The summed E-state index contributed by atoms with van der Waals surface area (Å²) in [5.74, 6) is -2.32. The van der Waals surface area contributed by atoms with E-state index in [-0.39, 0.29) is 0 Å². The molecule has 2 heterocycles. The summed E-state index contributed by atoms with van der Waals surface area (Å²) in [6, 6.07) is 6.05. The molecule has 2 rings (SSSR count). The van der Waals surface area contributed by atoms with Gasteiger partial charge in [0, 0.05) is 18.0 Å². The van der Waals surface area contributed by atoms with Gasteiger partial charge < -0.3 is 5.11 Å². The Hall–Kier alpha value is -2.30. The lowest BCUT2D eigenvalue weighted by molar-refractivity contribution is 0.0691. The second-order valence-corrected chi connectivity index (χ2v) is 3.08. The summed E-state index contributed by atoms with van der Waals surface area (Å²) in [5.41, 5.74) is 0.557. The first-order chi connectivity index (χ1) is 7.68. The zero-order valence-corrected chi connectivity index (χ0v) is 8.09. The molecule has 2 aromatic heterocycles. The third-order valence-electron chi connectivity index (χ3n) is 2.04. The highest BCUT2D eigenvalue weighted by atomic mass is 19.1. The summed E-state index contributed by atoms with van der Waals surface area (Å²) in [6.07, 6.45) is 3.12. The van der Waals surface area contributed by atoms with Crippen molar-refractivity contribution in [1.29, 1.82) is 0 Å². The van der Waals surface area contributed by atoms with E-state index in [1.807, 2.05) is 0 Å². The average Bonchev–Trinajstić information content (AvgIpc) is 2.29. The topological polar surface area (TPSA) is 63.1 Å². The Morgan fingerprint density at radius 2 is 2.12 bits per heavy atom. The van der Waals surface area contributed by atoms with E-state index in [1.165, 1.54) is 18.3 Å². The number of aromatic carboxylic acids is 1. The molecule has 0 unspecified atom stereocenters. The molecular formula is C11H7FN2O2. The maximum absolute atomic E-state index is 13.3. The Kier molecular flexibility index (Phi) is 2.59. The van der Waals surface area contributed by atoms with Crippen LogP contribution in [0.15, 0.2) is 36.7 Å². The molecule has 0 atom stereocenters. The van der Waals surface area contributed by atoms with Gasteiger partial charge in [-0.25, -0.2) is 9.78 Å². The smallest absolute Gasteiger partial charge is 0.340 e. The molecule has 80 valence electrons. The number of hydrogen-bond donors (Lipinski definition) is 1. The lowest BCUT2D eigenvalue weighted by Gasteiger charge is -2.01. The predicted molar refractivity (Wildman–Crippen MR) is 54.4 cm³/mol. The van der Waals surface area contributed by atoms with Gasteiger partial charge in [-0.15, -0.1) is 0 Å². The number of carboxylic acid groups (broad SMARTS) is 1. The van der Waals surface area contributed by atoms with Crippen LogP contribution in [0.2, 0.25) is 0 Å². The van der Waals surface area contributed by atoms with Gasteiger partial charge in [-0.05, 0) is 24.3 Å². The van der Waals surface area contributed by atoms with Crippen molar-refractivity contribution in [2.75, 3.05) is 0 Å². The van der Waals surface area contributed by atoms with E-state index < -0.39 is 17.5 Å². The molecule has 0 radical (unpaired) electrons. The number of halogens is 1. The van der Waals surface area contributed by atoms with E-state index in [1.54, 1.807) is 18.3 Å². The van der Waals surface area contributed by atoms with Gasteiger partial charge >= 0.3 is 5.97 Å². The minimum atomic E-state index is -1.33. The van der Waals surface area contributed by atoms with Crippen LogP contribution in [0.1, 0.15) is 10.4 Å². The van der Waals surface area contributed by atoms with Gasteiger partial charge in [0.15, 0.2) is 0 Å². The third-order valence-corrected chi connectivity index (χ3v) is 2.04. The van der Waals surface area contributed by atoms with Crippen LogP contribution in [-0.4, -0.2) is 21.0 Å². The van der Waals surface area contributed by atoms with E-state index in [9.17, 15) is 9.18 Å². The first-order valence-electron chi connectivity index (χ1n) is 4.49. The molecule has 0 aliphatic rings. The zero-order valence-electron chi connectivity index (χ0n) is 8.09. The van der Waals surface area contributed by atoms with E-state index in [4.69, 9.17) is 5.11 Å². The number of aromatic nitrogens is 2. The first kappa shape index (κ1) is 10.2. The van der Waals surface area contributed by atoms with Crippen molar-refractivity contribution < 1.29 is 14.3 Å². The monoisotopic (exact) mass is 218 g/mol. The molecule has 0 spiro atoms. The second-order valence-electron chi connectivity index (χ2n) is 3.08. The van der Waals surface area contributed by atoms with Gasteiger partial charge in [0.2, 0.25) is 5.95 Å². The highest BCUT2D eigenvalue weighted by molar-refractivity contribution is 5.87. The predicted octanol–water partition coefficient (Wildman–Crippen LogP) is 1.98. The van der Waals surface area contributed by atoms with Gasteiger partial charge in [-0.2, -0.15) is 4.39 Å². The molecule has 0 aliphatic heterocycles. The van der Waals surface area contributed by atoms with E-state index >= 15 is 0 Å². The summed E-state index contributed by atoms with van der Waals surface area (Å²) in [4.78, 5) is 18.0. The Balaban J connectivity index is 2.46. The van der Waals surface area contributed by atoms with Crippen molar-refractivity contribution in [3.8, 4) is 11.3 Å². The number of carboxylic acids is 1. The molecule has 5 heteroatoms. The SMILES string of the molecule is O=C(O)c1ccc(-c2cccnc2)nc1F. The van der Waals surface area contributed by atoms with Crippen LogP contribution in [0.25, 0.3) is 11.3 Å². The number of carbonyl (C=O) groups is 1. The highest BCUT2D eigenvalue weighted by Crippen LogP contribution is 2.17. The number of nitrogens with zero attached hydrogens (tertiary/aromatic N) is 2. The summed E-state index contributed by atoms with van der Waals surface area (Å²) < 4.78 is 13.3. The number of rotatable bonds is 2. The quantitative estimate of drug-likeness (QED) is 0.783. The van der Waals surface area contributed by atoms with Gasteiger partial charge in [0.1, 0.15) is 5.56 Å². The fourth-order valence-electron chi connectivity index (χ4n) is 1.27. The Bertz CT molecular complexity index is 529. The van der Waals surface area contributed by atoms with Crippen molar-refractivity contribution >= 4 is 5.97 Å². The van der Waals surface area contributed by atoms with E-state index in [2.05, 4.69) is 9.97 Å². The molecule has 0 amide bonds. The second kappa shape index (κ2) is 4.06. The Morgan fingerprint density at radius 3 is 2.69 bits per heavy atom. The first-order valence-corrected chi connectivity index (χ1v) is 4.49. The van der Waals surface area contributed by atoms with Crippen molar-refractivity contribution in [3.63, 3.8) is 0 Å². The van der Waals surface area contributed by atoms with Crippen LogP contribution in [0.4, 0.5) is 4.39 Å². The lowest BCUT2D eigenvalue weighted by atomic mass is 10.1. The molecule has 2 aromatic rings. The molecular weight excluding hydrogens is 211 g/mol. The summed E-state index contributed by atoms with van der Waals surface area (Å²) in [7, 11) is 0. The molecule has 0 saturated carbocycles. The molecule has 1 N–H and O–H groups in total. The van der Waals surface area contributed by atoms with Crippen molar-refractivity contribution in [3.05, 3.63) is 48.2 Å². The van der Waals surface area contributed by atoms with Crippen LogP contribution < -0.4 is 0 Å². The minimum absolute atomic E-state index is 0.357. The average molecular weight is 218 g/mol. The third kappa shape index (κ3) is 1.88. The van der Waals surface area contributed by atoms with Gasteiger partial charge in [-0.1, -0.05) is 0 Å². The molecule has 0 bridgehead atoms. The molecule has 16 heavy (non-hydrogen) atoms. The maximum Gasteiger partial charge on any atom is 0.340 e. The molecule has 0 aliphatic carbocycles. The van der Waals surface area contributed by atoms with Crippen LogP contribution in [-0.2, 0) is 0 Å². The number of hydrogen-bond acceptors (Lipinski definition) is 3. The van der Waals surface area contributed by atoms with Gasteiger partial charge in [0.05, 0.1) is 5.69 Å². The fraction of sp³-hybridized carbons (Fsp3) is 0. The zero-order chi connectivity index (χ0) is 11.5. The highest BCUT2D eigenvalue weighted by Gasteiger charge is 2.12. The molecule has 0 fully saturated rings. The standard InChI is InChI=1S/C11H7FN2O2/c12-10-8(11(15)16)3-4-9(14-10)7-2-1-5-13-6-7/h1-6H,(H,15,16). The van der Waals surface area contributed by atoms with Crippen LogP contribution in [0.3, 0.4) is 0 Å². The van der Waals surface area contributed by atoms with Crippen LogP contribution >= 0.6 is 0 Å². The van der Waals surface area contributed by atoms with Gasteiger partial charge in [0.25, 0.3) is 0 Å². The molecule has 0 aromatic carbocycles.